The van der Waals surface area contributed by atoms with E-state index in [0.717, 1.165) is 51.6 Å². The Morgan fingerprint density at radius 3 is 2.19 bits per heavy atom. The zero-order valence-corrected chi connectivity index (χ0v) is 14.1. The maximum Gasteiger partial charge on any atom is 0.118 e. The predicted molar refractivity (Wildman–Crippen MR) is 90.0 cm³/mol. The van der Waals surface area contributed by atoms with Crippen LogP contribution in [0.1, 0.15) is 19.4 Å². The second kappa shape index (κ2) is 10.6. The summed E-state index contributed by atoms with van der Waals surface area (Å²) in [5.41, 5.74) is 1.32. The maximum atomic E-state index is 5.18. The van der Waals surface area contributed by atoms with Crippen molar-refractivity contribution in [3.05, 3.63) is 29.8 Å². The van der Waals surface area contributed by atoms with Gasteiger partial charge in [0.1, 0.15) is 5.75 Å². The minimum Gasteiger partial charge on any atom is -0.497 e. The van der Waals surface area contributed by atoms with Gasteiger partial charge in [0, 0.05) is 32.7 Å². The minimum atomic E-state index is 0.916. The lowest BCUT2D eigenvalue weighted by molar-refractivity contribution is 0.291. The molecule has 120 valence electrons. The summed E-state index contributed by atoms with van der Waals surface area (Å²) in [6, 6.07) is 8.29. The van der Waals surface area contributed by atoms with E-state index < -0.39 is 0 Å². The molecule has 4 heteroatoms. The fourth-order valence-corrected chi connectivity index (χ4v) is 2.29. The Kier molecular flexibility index (Phi) is 9.06. The highest BCUT2D eigenvalue weighted by molar-refractivity contribution is 5.26. The quantitative estimate of drug-likeness (QED) is 0.632. The summed E-state index contributed by atoms with van der Waals surface area (Å²) < 4.78 is 5.18. The number of methoxy groups -OCH3 is 1. The van der Waals surface area contributed by atoms with E-state index in [1.807, 2.05) is 12.1 Å². The van der Waals surface area contributed by atoms with E-state index in [1.54, 1.807) is 7.11 Å². The van der Waals surface area contributed by atoms with Crippen LogP contribution in [0.15, 0.2) is 24.3 Å². The van der Waals surface area contributed by atoms with E-state index in [9.17, 15) is 0 Å². The SMILES string of the molecule is CCN(CC)CCNCCN(C)Cc1ccc(OC)cc1. The highest BCUT2D eigenvalue weighted by Crippen LogP contribution is 2.12. The summed E-state index contributed by atoms with van der Waals surface area (Å²) in [5.74, 6) is 0.916. The Labute approximate surface area is 130 Å². The average molecular weight is 293 g/mol. The lowest BCUT2D eigenvalue weighted by Crippen LogP contribution is -2.35. The molecule has 0 atom stereocenters. The molecule has 1 rings (SSSR count). The first-order valence-corrected chi connectivity index (χ1v) is 7.94. The maximum absolute atomic E-state index is 5.18. The first-order chi connectivity index (χ1) is 10.2. The molecule has 0 spiro atoms. The zero-order valence-electron chi connectivity index (χ0n) is 14.1. The van der Waals surface area contributed by atoms with E-state index in [2.05, 4.69) is 48.1 Å². The predicted octanol–water partition coefficient (Wildman–Crippen LogP) is 2.06. The molecular weight excluding hydrogens is 262 g/mol. The van der Waals surface area contributed by atoms with Crippen LogP contribution < -0.4 is 10.1 Å². The van der Waals surface area contributed by atoms with E-state index in [0.29, 0.717) is 0 Å². The van der Waals surface area contributed by atoms with Crippen molar-refractivity contribution in [2.75, 3.05) is 53.4 Å². The summed E-state index contributed by atoms with van der Waals surface area (Å²) in [5, 5.41) is 3.52. The standard InChI is InChI=1S/C17H31N3O/c1-5-20(6-2)14-12-18-11-13-19(3)15-16-7-9-17(21-4)10-8-16/h7-10,18H,5-6,11-15H2,1-4H3. The zero-order chi connectivity index (χ0) is 15.5. The van der Waals surface area contributed by atoms with Crippen LogP contribution in [0.5, 0.6) is 5.75 Å². The van der Waals surface area contributed by atoms with Gasteiger partial charge < -0.3 is 19.9 Å². The van der Waals surface area contributed by atoms with E-state index in [1.165, 1.54) is 5.56 Å². The van der Waals surface area contributed by atoms with Crippen molar-refractivity contribution in [2.24, 2.45) is 0 Å². The summed E-state index contributed by atoms with van der Waals surface area (Å²) in [6.07, 6.45) is 0. The lowest BCUT2D eigenvalue weighted by Gasteiger charge is -2.20. The van der Waals surface area contributed by atoms with Crippen molar-refractivity contribution in [2.45, 2.75) is 20.4 Å². The molecule has 0 radical (unpaired) electrons. The Morgan fingerprint density at radius 1 is 1.00 bits per heavy atom. The smallest absolute Gasteiger partial charge is 0.118 e. The van der Waals surface area contributed by atoms with Gasteiger partial charge in [0.05, 0.1) is 7.11 Å². The fraction of sp³-hybridized carbons (Fsp3) is 0.647. The van der Waals surface area contributed by atoms with Gasteiger partial charge in [-0.1, -0.05) is 26.0 Å². The van der Waals surface area contributed by atoms with Gasteiger partial charge in [-0.05, 0) is 37.8 Å². The van der Waals surface area contributed by atoms with Gasteiger partial charge in [-0.25, -0.2) is 0 Å². The second-order valence-electron chi connectivity index (χ2n) is 5.36. The number of hydrogen-bond acceptors (Lipinski definition) is 4. The third kappa shape index (κ3) is 7.46. The molecular formula is C17H31N3O. The molecule has 1 aromatic rings. The number of rotatable bonds is 11. The van der Waals surface area contributed by atoms with Crippen molar-refractivity contribution in [1.29, 1.82) is 0 Å². The van der Waals surface area contributed by atoms with Crippen molar-refractivity contribution in [3.8, 4) is 5.75 Å². The first kappa shape index (κ1) is 18.0. The molecule has 4 nitrogen and oxygen atoms in total. The van der Waals surface area contributed by atoms with Crippen LogP contribution >= 0.6 is 0 Å². The number of nitrogens with zero attached hydrogens (tertiary/aromatic N) is 2. The highest BCUT2D eigenvalue weighted by atomic mass is 16.5. The largest absolute Gasteiger partial charge is 0.497 e. The number of hydrogen-bond donors (Lipinski definition) is 1. The van der Waals surface area contributed by atoms with Crippen LogP contribution in [0.3, 0.4) is 0 Å². The van der Waals surface area contributed by atoms with Crippen molar-refractivity contribution in [1.82, 2.24) is 15.1 Å². The van der Waals surface area contributed by atoms with Crippen LogP contribution in [0.4, 0.5) is 0 Å². The first-order valence-electron chi connectivity index (χ1n) is 7.94. The number of likely N-dealkylation sites (N-methyl/N-ethyl adjacent to an activating group) is 2. The Balaban J connectivity index is 2.14. The third-order valence-electron chi connectivity index (χ3n) is 3.78. The Bertz CT molecular complexity index is 363. The van der Waals surface area contributed by atoms with Gasteiger partial charge in [-0.15, -0.1) is 0 Å². The summed E-state index contributed by atoms with van der Waals surface area (Å²) >= 11 is 0. The molecule has 21 heavy (non-hydrogen) atoms. The topological polar surface area (TPSA) is 27.7 Å². The van der Waals surface area contributed by atoms with E-state index >= 15 is 0 Å². The van der Waals surface area contributed by atoms with Crippen LogP contribution in [0.2, 0.25) is 0 Å². The lowest BCUT2D eigenvalue weighted by atomic mass is 10.2. The molecule has 0 heterocycles. The van der Waals surface area contributed by atoms with Gasteiger partial charge in [0.25, 0.3) is 0 Å². The summed E-state index contributed by atoms with van der Waals surface area (Å²) in [6.45, 7) is 12.0. The Morgan fingerprint density at radius 2 is 1.62 bits per heavy atom. The van der Waals surface area contributed by atoms with Crippen LogP contribution in [0, 0.1) is 0 Å². The van der Waals surface area contributed by atoms with Crippen LogP contribution in [-0.2, 0) is 6.54 Å². The molecule has 0 aromatic heterocycles. The molecule has 0 aliphatic rings. The normalized spacial score (nSPS) is 11.3. The van der Waals surface area contributed by atoms with Gasteiger partial charge >= 0.3 is 0 Å². The molecule has 0 saturated heterocycles. The molecule has 0 unspecified atom stereocenters. The van der Waals surface area contributed by atoms with Gasteiger partial charge in [0.2, 0.25) is 0 Å². The number of benzene rings is 1. The molecule has 0 bridgehead atoms. The van der Waals surface area contributed by atoms with E-state index in [4.69, 9.17) is 4.74 Å². The molecule has 0 fully saturated rings. The fourth-order valence-electron chi connectivity index (χ4n) is 2.29. The monoisotopic (exact) mass is 293 g/mol. The highest BCUT2D eigenvalue weighted by Gasteiger charge is 2.01. The molecule has 1 N–H and O–H groups in total. The molecule has 0 amide bonds. The summed E-state index contributed by atoms with van der Waals surface area (Å²) in [7, 11) is 3.86. The van der Waals surface area contributed by atoms with Crippen molar-refractivity contribution >= 4 is 0 Å². The molecule has 0 aliphatic carbocycles. The van der Waals surface area contributed by atoms with Gasteiger partial charge in [-0.2, -0.15) is 0 Å². The van der Waals surface area contributed by atoms with Gasteiger partial charge in [0.15, 0.2) is 0 Å². The Hall–Kier alpha value is -1.10. The van der Waals surface area contributed by atoms with E-state index in [-0.39, 0.29) is 0 Å². The van der Waals surface area contributed by atoms with Crippen molar-refractivity contribution < 1.29 is 4.74 Å². The number of nitrogens with one attached hydrogen (secondary N) is 1. The minimum absolute atomic E-state index is 0.916. The van der Waals surface area contributed by atoms with Crippen molar-refractivity contribution in [3.63, 3.8) is 0 Å². The van der Waals surface area contributed by atoms with Crippen LogP contribution in [0.25, 0.3) is 0 Å². The molecule has 1 aromatic carbocycles. The molecule has 0 saturated carbocycles. The molecule has 0 aliphatic heterocycles. The number of ether oxygens (including phenoxy) is 1. The summed E-state index contributed by atoms with van der Waals surface area (Å²) in [4.78, 5) is 4.78. The van der Waals surface area contributed by atoms with Gasteiger partial charge in [-0.3, -0.25) is 0 Å². The second-order valence-corrected chi connectivity index (χ2v) is 5.36. The van der Waals surface area contributed by atoms with Crippen LogP contribution in [-0.4, -0.2) is 63.2 Å². The average Bonchev–Trinajstić information content (AvgIpc) is 2.51. The third-order valence-corrected chi connectivity index (χ3v) is 3.78.